The zero-order valence-corrected chi connectivity index (χ0v) is 17.0. The van der Waals surface area contributed by atoms with Gasteiger partial charge >= 0.3 is 6.61 Å². The molecule has 0 bridgehead atoms. The number of tetrazole rings is 1. The predicted molar refractivity (Wildman–Crippen MR) is 106 cm³/mol. The number of halogens is 3. The van der Waals surface area contributed by atoms with Crippen molar-refractivity contribution in [3.8, 4) is 11.4 Å². The topological polar surface area (TPSA) is 81.9 Å². The van der Waals surface area contributed by atoms with Gasteiger partial charge in [0.05, 0.1) is 16.5 Å². The Balaban J connectivity index is 1.63. The van der Waals surface area contributed by atoms with Crippen LogP contribution in [-0.2, 0) is 4.79 Å². The molecule has 0 saturated heterocycles. The Bertz CT molecular complexity index is 1030. The van der Waals surface area contributed by atoms with Crippen LogP contribution in [0.15, 0.2) is 41.6 Å². The number of rotatable bonds is 7. The van der Waals surface area contributed by atoms with Gasteiger partial charge in [0, 0.05) is 5.69 Å². The lowest BCUT2D eigenvalue weighted by molar-refractivity contribution is -0.113. The van der Waals surface area contributed by atoms with Gasteiger partial charge in [-0.3, -0.25) is 4.79 Å². The minimum atomic E-state index is -2.98. The summed E-state index contributed by atoms with van der Waals surface area (Å²) in [6.45, 7) is 0.970. The number of amides is 1. The zero-order valence-electron chi connectivity index (χ0n) is 15.4. The van der Waals surface area contributed by atoms with Crippen LogP contribution in [0.1, 0.15) is 11.1 Å². The number of aromatic nitrogens is 4. The van der Waals surface area contributed by atoms with Gasteiger partial charge in [-0.1, -0.05) is 41.1 Å². The number of benzene rings is 2. The molecule has 1 aromatic heterocycles. The van der Waals surface area contributed by atoms with Crippen LogP contribution in [-0.4, -0.2) is 38.5 Å². The van der Waals surface area contributed by atoms with Gasteiger partial charge in [-0.2, -0.15) is 13.5 Å². The molecule has 152 valence electrons. The van der Waals surface area contributed by atoms with Crippen molar-refractivity contribution in [2.24, 2.45) is 0 Å². The van der Waals surface area contributed by atoms with Gasteiger partial charge in [0.2, 0.25) is 11.1 Å². The van der Waals surface area contributed by atoms with E-state index in [1.165, 1.54) is 18.2 Å². The van der Waals surface area contributed by atoms with Crippen molar-refractivity contribution >= 4 is 35.0 Å². The van der Waals surface area contributed by atoms with Crippen molar-refractivity contribution in [3.05, 3.63) is 52.5 Å². The molecule has 3 aromatic rings. The van der Waals surface area contributed by atoms with Crippen LogP contribution in [0.3, 0.4) is 0 Å². The number of nitrogens with zero attached hydrogens (tertiary/aromatic N) is 4. The Labute approximate surface area is 174 Å². The molecule has 1 heterocycles. The Hall–Kier alpha value is -2.72. The normalized spacial score (nSPS) is 11.0. The maximum Gasteiger partial charge on any atom is 0.387 e. The smallest absolute Gasteiger partial charge is 0.387 e. The maximum atomic E-state index is 12.3. The summed E-state index contributed by atoms with van der Waals surface area (Å²) in [6, 6.07) is 9.90. The fraction of sp³-hybridized carbons (Fsp3) is 0.222. The highest BCUT2D eigenvalue weighted by Crippen LogP contribution is 2.29. The molecule has 0 aliphatic carbocycles. The first kappa shape index (κ1) is 21.0. The number of hydrogen-bond donors (Lipinski definition) is 1. The monoisotopic (exact) mass is 439 g/mol. The average Bonchev–Trinajstić information content (AvgIpc) is 3.10. The minimum absolute atomic E-state index is 0.0328. The number of alkyl halides is 2. The van der Waals surface area contributed by atoms with E-state index in [9.17, 15) is 13.6 Å². The van der Waals surface area contributed by atoms with E-state index in [1.807, 2.05) is 32.0 Å². The molecule has 0 unspecified atom stereocenters. The molecule has 0 aliphatic rings. The van der Waals surface area contributed by atoms with Crippen molar-refractivity contribution < 1.29 is 18.3 Å². The summed E-state index contributed by atoms with van der Waals surface area (Å²) in [5.41, 5.74) is 3.31. The third kappa shape index (κ3) is 5.42. The van der Waals surface area contributed by atoms with Crippen molar-refractivity contribution in [3.63, 3.8) is 0 Å². The standard InChI is InChI=1S/C18H16ClF2N5O2S/c1-10-3-5-14(11(2)7-10)26-18(23-24-25-26)29-9-16(27)22-12-4-6-15(13(19)8-12)28-17(20)21/h3-8,17H,9H2,1-2H3,(H,22,27). The van der Waals surface area contributed by atoms with Gasteiger partial charge in [0.25, 0.3) is 0 Å². The molecule has 11 heteroatoms. The van der Waals surface area contributed by atoms with Crippen LogP contribution in [0.5, 0.6) is 5.75 Å². The molecule has 29 heavy (non-hydrogen) atoms. The predicted octanol–water partition coefficient (Wildman–Crippen LogP) is 4.26. The van der Waals surface area contributed by atoms with Crippen LogP contribution in [0.4, 0.5) is 14.5 Å². The number of carbonyl (C=O) groups is 1. The Morgan fingerprint density at radius 2 is 2.07 bits per heavy atom. The van der Waals surface area contributed by atoms with E-state index >= 15 is 0 Å². The first-order valence-corrected chi connectivity index (χ1v) is 9.73. The first-order chi connectivity index (χ1) is 13.8. The largest absolute Gasteiger partial charge is 0.433 e. The van der Waals surface area contributed by atoms with Gasteiger partial charge in [-0.15, -0.1) is 5.10 Å². The van der Waals surface area contributed by atoms with Gasteiger partial charge in [-0.05, 0) is 54.1 Å². The fourth-order valence-electron chi connectivity index (χ4n) is 2.56. The number of anilines is 1. The highest BCUT2D eigenvalue weighted by atomic mass is 35.5. The van der Waals surface area contributed by atoms with Crippen LogP contribution in [0.25, 0.3) is 5.69 Å². The fourth-order valence-corrected chi connectivity index (χ4v) is 3.47. The van der Waals surface area contributed by atoms with Crippen LogP contribution >= 0.6 is 23.4 Å². The summed E-state index contributed by atoms with van der Waals surface area (Å²) in [7, 11) is 0. The second-order valence-electron chi connectivity index (χ2n) is 6.02. The van der Waals surface area contributed by atoms with Crippen molar-refractivity contribution in [1.82, 2.24) is 20.2 Å². The maximum absolute atomic E-state index is 12.3. The Morgan fingerprint density at radius 3 is 2.76 bits per heavy atom. The second kappa shape index (κ2) is 9.19. The SMILES string of the molecule is Cc1ccc(-n2nnnc2SCC(=O)Nc2ccc(OC(F)F)c(Cl)c2)c(C)c1. The highest BCUT2D eigenvalue weighted by Gasteiger charge is 2.14. The molecule has 0 radical (unpaired) electrons. The number of thioether (sulfide) groups is 1. The molecule has 0 spiro atoms. The first-order valence-electron chi connectivity index (χ1n) is 8.36. The summed E-state index contributed by atoms with van der Waals surface area (Å²) in [4.78, 5) is 12.2. The number of hydrogen-bond acceptors (Lipinski definition) is 6. The molecule has 1 N–H and O–H groups in total. The summed E-state index contributed by atoms with van der Waals surface area (Å²) in [5.74, 6) is -0.455. The second-order valence-corrected chi connectivity index (χ2v) is 7.37. The van der Waals surface area contributed by atoms with E-state index in [4.69, 9.17) is 11.6 Å². The molecule has 0 aliphatic heterocycles. The highest BCUT2D eigenvalue weighted by molar-refractivity contribution is 7.99. The minimum Gasteiger partial charge on any atom is -0.433 e. The van der Waals surface area contributed by atoms with E-state index < -0.39 is 6.61 Å². The Morgan fingerprint density at radius 1 is 1.28 bits per heavy atom. The molecule has 3 rings (SSSR count). The number of ether oxygens (including phenoxy) is 1. The number of aryl methyl sites for hydroxylation is 2. The van der Waals surface area contributed by atoms with Crippen molar-refractivity contribution in [1.29, 1.82) is 0 Å². The average molecular weight is 440 g/mol. The van der Waals surface area contributed by atoms with Crippen molar-refractivity contribution in [2.45, 2.75) is 25.6 Å². The van der Waals surface area contributed by atoms with E-state index in [1.54, 1.807) is 4.68 Å². The lowest BCUT2D eigenvalue weighted by Gasteiger charge is -2.10. The summed E-state index contributed by atoms with van der Waals surface area (Å²) in [6.07, 6.45) is 0. The molecular weight excluding hydrogens is 424 g/mol. The molecular formula is C18H16ClF2N5O2S. The van der Waals surface area contributed by atoms with E-state index in [0.717, 1.165) is 28.6 Å². The zero-order chi connectivity index (χ0) is 21.0. The van der Waals surface area contributed by atoms with E-state index in [0.29, 0.717) is 10.8 Å². The van der Waals surface area contributed by atoms with Gasteiger partial charge in [0.1, 0.15) is 5.75 Å². The molecule has 0 atom stereocenters. The Kier molecular flexibility index (Phi) is 6.65. The van der Waals surface area contributed by atoms with Crippen molar-refractivity contribution in [2.75, 3.05) is 11.1 Å². The van der Waals surface area contributed by atoms with Gasteiger partial charge in [-0.25, -0.2) is 0 Å². The van der Waals surface area contributed by atoms with E-state index in [-0.39, 0.29) is 22.4 Å². The summed E-state index contributed by atoms with van der Waals surface area (Å²) in [5, 5.41) is 14.7. The molecule has 1 amide bonds. The lowest BCUT2D eigenvalue weighted by atomic mass is 10.1. The van der Waals surface area contributed by atoms with Crippen LogP contribution in [0, 0.1) is 13.8 Å². The van der Waals surface area contributed by atoms with E-state index in [2.05, 4.69) is 25.6 Å². The number of nitrogens with one attached hydrogen (secondary N) is 1. The van der Waals surface area contributed by atoms with Gasteiger partial charge < -0.3 is 10.1 Å². The van der Waals surface area contributed by atoms with Gasteiger partial charge in [0.15, 0.2) is 0 Å². The third-order valence-corrected chi connectivity index (χ3v) is 5.00. The molecule has 2 aromatic carbocycles. The summed E-state index contributed by atoms with van der Waals surface area (Å²) < 4.78 is 30.4. The molecule has 0 saturated carbocycles. The lowest BCUT2D eigenvalue weighted by Crippen LogP contribution is -2.15. The molecule has 7 nitrogen and oxygen atoms in total. The quantitative estimate of drug-likeness (QED) is 0.554. The summed E-state index contributed by atoms with van der Waals surface area (Å²) >= 11 is 7.05. The van der Waals surface area contributed by atoms with Crippen LogP contribution in [0.2, 0.25) is 5.02 Å². The number of carbonyl (C=O) groups excluding carboxylic acids is 1. The molecule has 0 fully saturated rings. The van der Waals surface area contributed by atoms with Crippen LogP contribution < -0.4 is 10.1 Å². The third-order valence-electron chi connectivity index (χ3n) is 3.79.